The third-order valence-electron chi connectivity index (χ3n) is 4.66. The largest absolute Gasteiger partial charge is 0.393 e. The van der Waals surface area contributed by atoms with Gasteiger partial charge in [0.15, 0.2) is 0 Å². The molecule has 1 aliphatic rings. The highest BCUT2D eigenvalue weighted by atomic mass is 19.1. The molecule has 0 bridgehead atoms. The molecule has 1 aromatic rings. The van der Waals surface area contributed by atoms with Crippen molar-refractivity contribution < 1.29 is 9.50 Å². The summed E-state index contributed by atoms with van der Waals surface area (Å²) in [5, 5.41) is 10.2. The first kappa shape index (κ1) is 16.4. The monoisotopic (exact) mass is 293 g/mol. The summed E-state index contributed by atoms with van der Waals surface area (Å²) < 4.78 is 12.9. The van der Waals surface area contributed by atoms with Gasteiger partial charge in [-0.1, -0.05) is 31.9 Å². The topological polar surface area (TPSA) is 23.5 Å². The van der Waals surface area contributed by atoms with E-state index in [0.717, 1.165) is 37.4 Å². The smallest absolute Gasteiger partial charge is 0.123 e. The average Bonchev–Trinajstić information content (AvgIpc) is 2.45. The molecular formula is C18H28FNO. The van der Waals surface area contributed by atoms with E-state index in [-0.39, 0.29) is 11.9 Å². The molecule has 2 rings (SSSR count). The molecule has 0 radical (unpaired) electrons. The van der Waals surface area contributed by atoms with Crippen molar-refractivity contribution in [2.75, 3.05) is 13.6 Å². The van der Waals surface area contributed by atoms with Gasteiger partial charge in [-0.05, 0) is 55.8 Å². The van der Waals surface area contributed by atoms with Gasteiger partial charge in [-0.3, -0.25) is 0 Å². The summed E-state index contributed by atoms with van der Waals surface area (Å²) >= 11 is 0. The first-order valence-corrected chi connectivity index (χ1v) is 8.19. The fourth-order valence-corrected chi connectivity index (χ4v) is 3.58. The van der Waals surface area contributed by atoms with Crippen molar-refractivity contribution in [3.63, 3.8) is 0 Å². The van der Waals surface area contributed by atoms with Gasteiger partial charge in [0.2, 0.25) is 0 Å². The van der Waals surface area contributed by atoms with Crippen LogP contribution in [0, 0.1) is 17.7 Å². The van der Waals surface area contributed by atoms with E-state index >= 15 is 0 Å². The Morgan fingerprint density at radius 1 is 1.24 bits per heavy atom. The summed E-state index contributed by atoms with van der Waals surface area (Å²) in [5.41, 5.74) is 1.12. The molecule has 3 unspecified atom stereocenters. The zero-order valence-corrected chi connectivity index (χ0v) is 13.3. The molecule has 3 atom stereocenters. The predicted octanol–water partition coefficient (Wildman–Crippen LogP) is 3.83. The second-order valence-electron chi connectivity index (χ2n) is 6.62. The number of hydrogen-bond acceptors (Lipinski definition) is 2. The molecule has 0 spiro atoms. The second-order valence-corrected chi connectivity index (χ2v) is 6.62. The molecule has 1 fully saturated rings. The molecule has 0 aromatic heterocycles. The summed E-state index contributed by atoms with van der Waals surface area (Å²) in [6, 6.07) is 6.69. The Hall–Kier alpha value is -0.930. The normalized spacial score (nSPS) is 26.2. The van der Waals surface area contributed by atoms with Gasteiger partial charge in [0.1, 0.15) is 5.82 Å². The van der Waals surface area contributed by atoms with Gasteiger partial charge in [-0.15, -0.1) is 0 Å². The van der Waals surface area contributed by atoms with E-state index in [1.807, 2.05) is 12.1 Å². The van der Waals surface area contributed by atoms with Gasteiger partial charge in [0.05, 0.1) is 6.10 Å². The molecule has 1 aromatic carbocycles. The maximum atomic E-state index is 12.9. The Morgan fingerprint density at radius 2 is 1.95 bits per heavy atom. The Kier molecular flexibility index (Phi) is 6.19. The van der Waals surface area contributed by atoms with Crippen LogP contribution in [0.3, 0.4) is 0 Å². The van der Waals surface area contributed by atoms with Crippen LogP contribution in [-0.4, -0.2) is 29.7 Å². The van der Waals surface area contributed by atoms with Crippen LogP contribution < -0.4 is 0 Å². The van der Waals surface area contributed by atoms with E-state index < -0.39 is 0 Å². The molecule has 1 saturated carbocycles. The Morgan fingerprint density at radius 3 is 2.62 bits per heavy atom. The van der Waals surface area contributed by atoms with Crippen LogP contribution in [0.4, 0.5) is 4.39 Å². The molecular weight excluding hydrogens is 265 g/mol. The van der Waals surface area contributed by atoms with Gasteiger partial charge in [-0.25, -0.2) is 4.39 Å². The molecule has 21 heavy (non-hydrogen) atoms. The first-order valence-electron chi connectivity index (χ1n) is 8.19. The van der Waals surface area contributed by atoms with Crippen LogP contribution in [0.15, 0.2) is 24.3 Å². The van der Waals surface area contributed by atoms with Crippen LogP contribution in [0.25, 0.3) is 0 Å². The van der Waals surface area contributed by atoms with Gasteiger partial charge >= 0.3 is 0 Å². The molecule has 0 amide bonds. The van der Waals surface area contributed by atoms with Crippen molar-refractivity contribution in [2.24, 2.45) is 11.8 Å². The zero-order chi connectivity index (χ0) is 15.2. The molecule has 2 nitrogen and oxygen atoms in total. The number of nitrogens with zero attached hydrogens (tertiary/aromatic N) is 1. The number of benzene rings is 1. The number of rotatable bonds is 6. The van der Waals surface area contributed by atoms with Crippen LogP contribution in [-0.2, 0) is 6.54 Å². The fraction of sp³-hybridized carbons (Fsp3) is 0.667. The maximum Gasteiger partial charge on any atom is 0.123 e. The summed E-state index contributed by atoms with van der Waals surface area (Å²) in [4.78, 5) is 2.25. The molecule has 118 valence electrons. The molecule has 3 heteroatoms. The number of aliphatic hydroxyl groups excluding tert-OH is 1. The SMILES string of the molecule is CCCC1CCC(O)C(CN(C)Cc2ccc(F)cc2)C1. The van der Waals surface area contributed by atoms with Crippen molar-refractivity contribution in [3.05, 3.63) is 35.6 Å². The van der Waals surface area contributed by atoms with Crippen LogP contribution >= 0.6 is 0 Å². The van der Waals surface area contributed by atoms with Crippen molar-refractivity contribution in [1.29, 1.82) is 0 Å². The summed E-state index contributed by atoms with van der Waals surface area (Å²) in [5.74, 6) is 0.967. The summed E-state index contributed by atoms with van der Waals surface area (Å²) in [6.45, 7) is 3.96. The third kappa shape index (κ3) is 5.08. The first-order chi connectivity index (χ1) is 10.1. The fourth-order valence-electron chi connectivity index (χ4n) is 3.58. The van der Waals surface area contributed by atoms with Crippen molar-refractivity contribution in [3.8, 4) is 0 Å². The second kappa shape index (κ2) is 7.90. The standard InChI is InChI=1S/C18H28FNO/c1-3-4-14-7-10-18(21)16(11-14)13-20(2)12-15-5-8-17(19)9-6-15/h5-6,8-9,14,16,18,21H,3-4,7,10-13H2,1-2H3. The highest BCUT2D eigenvalue weighted by Gasteiger charge is 2.29. The van der Waals surface area contributed by atoms with Gasteiger partial charge in [-0.2, -0.15) is 0 Å². The van der Waals surface area contributed by atoms with Gasteiger partial charge in [0, 0.05) is 13.1 Å². The van der Waals surface area contributed by atoms with Crippen molar-refractivity contribution in [1.82, 2.24) is 4.90 Å². The predicted molar refractivity (Wildman–Crippen MR) is 84.5 cm³/mol. The van der Waals surface area contributed by atoms with E-state index in [9.17, 15) is 9.50 Å². The van der Waals surface area contributed by atoms with E-state index in [1.165, 1.54) is 31.4 Å². The molecule has 1 N–H and O–H groups in total. The van der Waals surface area contributed by atoms with Crippen molar-refractivity contribution >= 4 is 0 Å². The Labute approximate surface area is 128 Å². The minimum Gasteiger partial charge on any atom is -0.393 e. The van der Waals surface area contributed by atoms with Crippen LogP contribution in [0.5, 0.6) is 0 Å². The lowest BCUT2D eigenvalue weighted by Crippen LogP contribution is -2.37. The highest BCUT2D eigenvalue weighted by molar-refractivity contribution is 5.15. The highest BCUT2D eigenvalue weighted by Crippen LogP contribution is 2.32. The van der Waals surface area contributed by atoms with E-state index in [1.54, 1.807) is 0 Å². The van der Waals surface area contributed by atoms with Crippen LogP contribution in [0.2, 0.25) is 0 Å². The minimum atomic E-state index is -0.188. The van der Waals surface area contributed by atoms with Crippen molar-refractivity contribution in [2.45, 2.75) is 51.7 Å². The number of aliphatic hydroxyl groups is 1. The molecule has 0 saturated heterocycles. The summed E-state index contributed by atoms with van der Waals surface area (Å²) in [6.07, 6.45) is 5.62. The Balaban J connectivity index is 1.85. The molecule has 1 aliphatic carbocycles. The minimum absolute atomic E-state index is 0.159. The summed E-state index contributed by atoms with van der Waals surface area (Å²) in [7, 11) is 2.08. The van der Waals surface area contributed by atoms with E-state index in [2.05, 4.69) is 18.9 Å². The molecule has 0 aliphatic heterocycles. The number of hydrogen-bond donors (Lipinski definition) is 1. The van der Waals surface area contributed by atoms with E-state index in [4.69, 9.17) is 0 Å². The maximum absolute atomic E-state index is 12.9. The molecule has 0 heterocycles. The van der Waals surface area contributed by atoms with Crippen LogP contribution in [0.1, 0.15) is 44.6 Å². The average molecular weight is 293 g/mol. The van der Waals surface area contributed by atoms with E-state index in [0.29, 0.717) is 5.92 Å². The quantitative estimate of drug-likeness (QED) is 0.861. The zero-order valence-electron chi connectivity index (χ0n) is 13.3. The Bertz CT molecular complexity index is 420. The lowest BCUT2D eigenvalue weighted by atomic mass is 9.77. The number of halogens is 1. The van der Waals surface area contributed by atoms with Gasteiger partial charge < -0.3 is 10.0 Å². The lowest BCUT2D eigenvalue weighted by molar-refractivity contribution is 0.0288. The lowest BCUT2D eigenvalue weighted by Gasteiger charge is -2.35. The third-order valence-corrected chi connectivity index (χ3v) is 4.66. The van der Waals surface area contributed by atoms with Gasteiger partial charge in [0.25, 0.3) is 0 Å².